The molecular weight excluding hydrogens is 362 g/mol. The molecule has 2 aromatic carbocycles. The molecule has 2 aromatic rings. The van der Waals surface area contributed by atoms with Crippen LogP contribution in [0.25, 0.3) is 0 Å². The van der Waals surface area contributed by atoms with Crippen LogP contribution in [-0.2, 0) is 0 Å². The first kappa shape index (κ1) is 13.1. The fraction of sp³-hybridized carbons (Fsp3) is 0. The second-order valence-electron chi connectivity index (χ2n) is 3.60. The monoisotopic (exact) mass is 369 g/mol. The number of aromatic hydroxyl groups is 1. The van der Waals surface area contributed by atoms with Crippen LogP contribution >= 0.6 is 31.9 Å². The summed E-state index contributed by atoms with van der Waals surface area (Å²) in [6.07, 6.45) is 0. The average Bonchev–Trinajstić information content (AvgIpc) is 2.32. The van der Waals surface area contributed by atoms with Gasteiger partial charge >= 0.3 is 0 Å². The predicted molar refractivity (Wildman–Crippen MR) is 77.9 cm³/mol. The molecule has 0 aliphatic heterocycles. The van der Waals surface area contributed by atoms with Crippen molar-refractivity contribution in [1.82, 2.24) is 0 Å². The number of anilines is 1. The summed E-state index contributed by atoms with van der Waals surface area (Å²) in [6.45, 7) is 0. The first-order valence-electron chi connectivity index (χ1n) is 5.12. The summed E-state index contributed by atoms with van der Waals surface area (Å²) < 4.78 is 1.36. The lowest BCUT2D eigenvalue weighted by Gasteiger charge is -2.08. The van der Waals surface area contributed by atoms with Crippen LogP contribution in [0.1, 0.15) is 10.4 Å². The Balaban J connectivity index is 2.25. The maximum atomic E-state index is 12.0. The number of hydrogen-bond acceptors (Lipinski definition) is 2. The number of para-hydroxylation sites is 1. The molecule has 2 rings (SSSR count). The van der Waals surface area contributed by atoms with Crippen LogP contribution in [0.5, 0.6) is 5.75 Å². The van der Waals surface area contributed by atoms with E-state index in [2.05, 4.69) is 37.2 Å². The molecule has 0 aliphatic rings. The minimum absolute atomic E-state index is 0.0648. The molecule has 0 spiro atoms. The third-order valence-corrected chi connectivity index (χ3v) is 3.45. The molecule has 0 aromatic heterocycles. The highest BCUT2D eigenvalue weighted by atomic mass is 79.9. The van der Waals surface area contributed by atoms with Crippen molar-refractivity contribution < 1.29 is 9.90 Å². The van der Waals surface area contributed by atoms with E-state index in [0.717, 1.165) is 4.47 Å². The first-order chi connectivity index (χ1) is 8.58. The van der Waals surface area contributed by atoms with Crippen LogP contribution in [0.3, 0.4) is 0 Å². The van der Waals surface area contributed by atoms with Crippen LogP contribution in [0.15, 0.2) is 51.4 Å². The SMILES string of the molecule is O=C(Nc1cccc(Br)c1)c1cccc(Br)c1O. The molecule has 0 atom stereocenters. The van der Waals surface area contributed by atoms with Gasteiger partial charge in [0.25, 0.3) is 5.91 Å². The van der Waals surface area contributed by atoms with Crippen molar-refractivity contribution >= 4 is 43.5 Å². The lowest BCUT2D eigenvalue weighted by Crippen LogP contribution is -2.12. The average molecular weight is 371 g/mol. The summed E-state index contributed by atoms with van der Waals surface area (Å²) in [5, 5.41) is 12.5. The Morgan fingerprint density at radius 2 is 1.83 bits per heavy atom. The number of hydrogen-bond donors (Lipinski definition) is 2. The van der Waals surface area contributed by atoms with Gasteiger partial charge in [-0.3, -0.25) is 4.79 Å². The lowest BCUT2D eigenvalue weighted by molar-refractivity contribution is 0.102. The van der Waals surface area contributed by atoms with Crippen LogP contribution in [0, 0.1) is 0 Å². The van der Waals surface area contributed by atoms with Gasteiger partial charge in [0.1, 0.15) is 5.75 Å². The van der Waals surface area contributed by atoms with Crippen LogP contribution in [-0.4, -0.2) is 11.0 Å². The maximum absolute atomic E-state index is 12.0. The molecular formula is C13H9Br2NO2. The number of carbonyl (C=O) groups is 1. The van der Waals surface area contributed by atoms with Crippen molar-refractivity contribution in [2.45, 2.75) is 0 Å². The van der Waals surface area contributed by atoms with Gasteiger partial charge in [-0.05, 0) is 46.3 Å². The van der Waals surface area contributed by atoms with E-state index in [4.69, 9.17) is 0 Å². The van der Waals surface area contributed by atoms with Crippen LogP contribution in [0.2, 0.25) is 0 Å². The quantitative estimate of drug-likeness (QED) is 0.833. The van der Waals surface area contributed by atoms with Gasteiger partial charge in [0.15, 0.2) is 0 Å². The number of nitrogens with one attached hydrogen (secondary N) is 1. The van der Waals surface area contributed by atoms with Gasteiger partial charge in [-0.1, -0.05) is 28.1 Å². The molecule has 18 heavy (non-hydrogen) atoms. The summed E-state index contributed by atoms with van der Waals surface area (Å²) in [7, 11) is 0. The normalized spacial score (nSPS) is 10.1. The number of phenols is 1. The van der Waals surface area contributed by atoms with E-state index in [-0.39, 0.29) is 17.2 Å². The van der Waals surface area contributed by atoms with Crippen molar-refractivity contribution in [3.8, 4) is 5.75 Å². The molecule has 0 bridgehead atoms. The molecule has 5 heteroatoms. The number of phenolic OH excluding ortho intramolecular Hbond substituents is 1. The van der Waals surface area contributed by atoms with E-state index in [0.29, 0.717) is 10.2 Å². The van der Waals surface area contributed by atoms with Gasteiger partial charge in [0.2, 0.25) is 0 Å². The summed E-state index contributed by atoms with van der Waals surface area (Å²) >= 11 is 6.50. The molecule has 0 saturated carbocycles. The van der Waals surface area contributed by atoms with E-state index in [9.17, 15) is 9.90 Å². The summed E-state index contributed by atoms with van der Waals surface area (Å²) in [4.78, 5) is 12.0. The zero-order valence-corrected chi connectivity index (χ0v) is 12.3. The highest BCUT2D eigenvalue weighted by Crippen LogP contribution is 2.28. The Morgan fingerprint density at radius 3 is 2.56 bits per heavy atom. The van der Waals surface area contributed by atoms with E-state index < -0.39 is 0 Å². The van der Waals surface area contributed by atoms with Crippen molar-refractivity contribution in [3.63, 3.8) is 0 Å². The lowest BCUT2D eigenvalue weighted by atomic mass is 10.2. The Kier molecular flexibility index (Phi) is 4.04. The molecule has 0 heterocycles. The number of benzene rings is 2. The van der Waals surface area contributed by atoms with Crippen LogP contribution < -0.4 is 5.32 Å². The van der Waals surface area contributed by atoms with Gasteiger partial charge in [-0.15, -0.1) is 0 Å². The molecule has 2 N–H and O–H groups in total. The van der Waals surface area contributed by atoms with Gasteiger partial charge in [-0.2, -0.15) is 0 Å². The zero-order valence-electron chi connectivity index (χ0n) is 9.15. The standard InChI is InChI=1S/C13H9Br2NO2/c14-8-3-1-4-9(7-8)16-13(18)10-5-2-6-11(15)12(10)17/h1-7,17H,(H,16,18). The summed E-state index contributed by atoms with van der Waals surface area (Å²) in [5.41, 5.74) is 0.887. The molecule has 3 nitrogen and oxygen atoms in total. The van der Waals surface area contributed by atoms with Gasteiger partial charge in [0, 0.05) is 10.2 Å². The number of halogens is 2. The second-order valence-corrected chi connectivity index (χ2v) is 5.37. The maximum Gasteiger partial charge on any atom is 0.259 e. The van der Waals surface area contributed by atoms with Crippen LogP contribution in [0.4, 0.5) is 5.69 Å². The number of carbonyl (C=O) groups excluding carboxylic acids is 1. The molecule has 0 radical (unpaired) electrons. The highest BCUT2D eigenvalue weighted by molar-refractivity contribution is 9.10. The minimum Gasteiger partial charge on any atom is -0.506 e. The first-order valence-corrected chi connectivity index (χ1v) is 6.71. The van der Waals surface area contributed by atoms with Crippen molar-refractivity contribution in [2.75, 3.05) is 5.32 Å². The van der Waals surface area contributed by atoms with Gasteiger partial charge < -0.3 is 10.4 Å². The Hall–Kier alpha value is -1.33. The highest BCUT2D eigenvalue weighted by Gasteiger charge is 2.13. The molecule has 0 saturated heterocycles. The van der Waals surface area contributed by atoms with E-state index in [1.165, 1.54) is 0 Å². The Bertz CT molecular complexity index is 599. The largest absolute Gasteiger partial charge is 0.506 e. The predicted octanol–water partition coefficient (Wildman–Crippen LogP) is 4.17. The fourth-order valence-electron chi connectivity index (χ4n) is 1.46. The second kappa shape index (κ2) is 5.54. The molecule has 0 aliphatic carbocycles. The minimum atomic E-state index is -0.355. The zero-order chi connectivity index (χ0) is 13.1. The number of rotatable bonds is 2. The summed E-state index contributed by atoms with van der Waals surface area (Å²) in [5.74, 6) is -0.420. The number of amides is 1. The molecule has 92 valence electrons. The molecule has 0 unspecified atom stereocenters. The van der Waals surface area contributed by atoms with Crippen molar-refractivity contribution in [1.29, 1.82) is 0 Å². The third kappa shape index (κ3) is 2.91. The molecule has 1 amide bonds. The molecule has 0 fully saturated rings. The van der Waals surface area contributed by atoms with Gasteiger partial charge in [-0.25, -0.2) is 0 Å². The topological polar surface area (TPSA) is 49.3 Å². The van der Waals surface area contributed by atoms with E-state index >= 15 is 0 Å². The van der Waals surface area contributed by atoms with Crippen molar-refractivity contribution in [2.24, 2.45) is 0 Å². The Morgan fingerprint density at radius 1 is 1.11 bits per heavy atom. The van der Waals surface area contributed by atoms with Crippen molar-refractivity contribution in [3.05, 3.63) is 57.0 Å². The summed E-state index contributed by atoms with van der Waals surface area (Å²) in [6, 6.07) is 12.2. The van der Waals surface area contributed by atoms with E-state index in [1.807, 2.05) is 12.1 Å². The Labute approximate surface area is 121 Å². The fourth-order valence-corrected chi connectivity index (χ4v) is 2.23. The third-order valence-electron chi connectivity index (χ3n) is 2.31. The van der Waals surface area contributed by atoms with Gasteiger partial charge in [0.05, 0.1) is 10.0 Å². The van der Waals surface area contributed by atoms with E-state index in [1.54, 1.807) is 30.3 Å². The smallest absolute Gasteiger partial charge is 0.259 e.